The van der Waals surface area contributed by atoms with Gasteiger partial charge in [0.05, 0.1) is 0 Å². The largest absolute Gasteiger partial charge is 0.309 e. The third-order valence-corrected chi connectivity index (χ3v) is 4.64. The van der Waals surface area contributed by atoms with E-state index in [0.29, 0.717) is 16.8 Å². The molecule has 0 aromatic rings. The Morgan fingerprint density at radius 3 is 2.71 bits per heavy atom. The van der Waals surface area contributed by atoms with Crippen molar-refractivity contribution < 1.29 is 0 Å². The van der Waals surface area contributed by atoms with Gasteiger partial charge in [-0.2, -0.15) is 11.8 Å². The van der Waals surface area contributed by atoms with Gasteiger partial charge < -0.3 is 5.32 Å². The van der Waals surface area contributed by atoms with Crippen LogP contribution in [0, 0.1) is 0 Å². The molecule has 0 radical (unpaired) electrons. The first-order chi connectivity index (χ1) is 6.60. The zero-order chi connectivity index (χ0) is 10.6. The topological polar surface area (TPSA) is 12.0 Å². The van der Waals surface area contributed by atoms with E-state index in [-0.39, 0.29) is 0 Å². The van der Waals surface area contributed by atoms with Gasteiger partial charge in [0, 0.05) is 22.6 Å². The minimum atomic E-state index is 0.446. The smallest absolute Gasteiger partial charge is 0.0302 e. The summed E-state index contributed by atoms with van der Waals surface area (Å²) in [7, 11) is 0. The predicted molar refractivity (Wildman–Crippen MR) is 67.0 cm³/mol. The van der Waals surface area contributed by atoms with E-state index in [4.69, 9.17) is 0 Å². The van der Waals surface area contributed by atoms with Crippen LogP contribution in [0.5, 0.6) is 0 Å². The molecule has 1 aliphatic heterocycles. The number of allylic oxidation sites excluding steroid dienone is 1. The van der Waals surface area contributed by atoms with Gasteiger partial charge in [-0.15, -0.1) is 6.58 Å². The summed E-state index contributed by atoms with van der Waals surface area (Å²) in [5.41, 5.74) is 0. The average molecular weight is 213 g/mol. The second-order valence-electron chi connectivity index (χ2n) is 4.60. The van der Waals surface area contributed by atoms with Crippen LogP contribution < -0.4 is 5.32 Å². The van der Waals surface area contributed by atoms with Crippen LogP contribution in [0.15, 0.2) is 12.7 Å². The molecule has 1 N–H and O–H groups in total. The first-order valence-corrected chi connectivity index (χ1v) is 6.59. The Morgan fingerprint density at radius 1 is 1.64 bits per heavy atom. The van der Waals surface area contributed by atoms with E-state index in [1.165, 1.54) is 18.6 Å². The lowest BCUT2D eigenvalue weighted by molar-refractivity contribution is 0.360. The van der Waals surface area contributed by atoms with Crippen molar-refractivity contribution in [3.63, 3.8) is 0 Å². The van der Waals surface area contributed by atoms with Gasteiger partial charge in [-0.25, -0.2) is 0 Å². The number of rotatable bonds is 6. The molecule has 0 aliphatic carbocycles. The third kappa shape index (κ3) is 3.03. The highest BCUT2D eigenvalue weighted by molar-refractivity contribution is 8.02. The van der Waals surface area contributed by atoms with E-state index in [0.717, 1.165) is 6.42 Å². The van der Waals surface area contributed by atoms with Crippen molar-refractivity contribution in [2.24, 2.45) is 0 Å². The highest BCUT2D eigenvalue weighted by Gasteiger charge is 2.39. The number of nitrogens with one attached hydrogen (secondary N) is 1. The molecule has 1 fully saturated rings. The van der Waals surface area contributed by atoms with Crippen LogP contribution in [0.3, 0.4) is 0 Å². The van der Waals surface area contributed by atoms with Crippen LogP contribution in [0.4, 0.5) is 0 Å². The van der Waals surface area contributed by atoms with E-state index < -0.39 is 0 Å². The Kier molecular flexibility index (Phi) is 4.52. The molecular weight excluding hydrogens is 190 g/mol. The molecule has 0 saturated carbocycles. The zero-order valence-corrected chi connectivity index (χ0v) is 10.5. The first kappa shape index (κ1) is 12.1. The maximum Gasteiger partial charge on any atom is 0.0302 e. The monoisotopic (exact) mass is 213 g/mol. The van der Waals surface area contributed by atoms with Crippen molar-refractivity contribution in [2.45, 2.75) is 56.9 Å². The molecule has 1 aliphatic rings. The lowest BCUT2D eigenvalue weighted by Gasteiger charge is -2.46. The van der Waals surface area contributed by atoms with Gasteiger partial charge in [0.1, 0.15) is 0 Å². The minimum absolute atomic E-state index is 0.446. The maximum atomic E-state index is 3.78. The molecule has 2 heteroatoms. The molecule has 1 rings (SSSR count). The Balaban J connectivity index is 2.29. The molecule has 0 aromatic carbocycles. The fraction of sp³-hybridized carbons (Fsp3) is 0.833. The number of hydrogen-bond donors (Lipinski definition) is 1. The molecule has 0 spiro atoms. The van der Waals surface area contributed by atoms with Crippen molar-refractivity contribution in [3.05, 3.63) is 12.7 Å². The highest BCUT2D eigenvalue weighted by atomic mass is 32.2. The maximum absolute atomic E-state index is 3.78. The van der Waals surface area contributed by atoms with E-state index in [1.54, 1.807) is 0 Å². The summed E-state index contributed by atoms with van der Waals surface area (Å²) in [6.07, 6.45) is 5.61. The molecule has 0 bridgehead atoms. The van der Waals surface area contributed by atoms with Gasteiger partial charge in [0.25, 0.3) is 0 Å². The summed E-state index contributed by atoms with van der Waals surface area (Å²) in [5.74, 6) is 1.28. The second kappa shape index (κ2) is 5.22. The fourth-order valence-corrected chi connectivity index (χ4v) is 2.92. The molecule has 0 aromatic heterocycles. The van der Waals surface area contributed by atoms with Crippen LogP contribution in [0.1, 0.15) is 40.0 Å². The van der Waals surface area contributed by atoms with Gasteiger partial charge >= 0.3 is 0 Å². The molecular formula is C12H23NS. The lowest BCUT2D eigenvalue weighted by atomic mass is 10.00. The summed E-state index contributed by atoms with van der Waals surface area (Å²) < 4.78 is 0.446. The molecule has 14 heavy (non-hydrogen) atoms. The Labute approximate surface area is 92.7 Å². The van der Waals surface area contributed by atoms with E-state index in [1.807, 2.05) is 6.08 Å². The number of thioether (sulfide) groups is 1. The molecule has 2 atom stereocenters. The normalized spacial score (nSPS) is 26.6. The van der Waals surface area contributed by atoms with Crippen LogP contribution in [0.25, 0.3) is 0 Å². The van der Waals surface area contributed by atoms with Gasteiger partial charge in [0.15, 0.2) is 0 Å². The average Bonchev–Trinajstić information content (AvgIpc) is 2.17. The van der Waals surface area contributed by atoms with Gasteiger partial charge in [-0.1, -0.05) is 13.0 Å². The lowest BCUT2D eigenvalue weighted by Crippen LogP contribution is -2.57. The molecule has 0 amide bonds. The second-order valence-corrected chi connectivity index (χ2v) is 6.28. The third-order valence-electron chi connectivity index (χ3n) is 3.11. The van der Waals surface area contributed by atoms with Crippen molar-refractivity contribution in [2.75, 3.05) is 5.75 Å². The highest BCUT2D eigenvalue weighted by Crippen LogP contribution is 2.40. The van der Waals surface area contributed by atoms with E-state index in [9.17, 15) is 0 Å². The summed E-state index contributed by atoms with van der Waals surface area (Å²) in [4.78, 5) is 0. The fourth-order valence-electron chi connectivity index (χ4n) is 1.76. The van der Waals surface area contributed by atoms with Crippen molar-refractivity contribution >= 4 is 11.8 Å². The van der Waals surface area contributed by atoms with Gasteiger partial charge in [-0.05, 0) is 33.1 Å². The zero-order valence-electron chi connectivity index (χ0n) is 9.68. The Morgan fingerprint density at radius 2 is 2.36 bits per heavy atom. The quantitative estimate of drug-likeness (QED) is 0.680. The first-order valence-electron chi connectivity index (χ1n) is 5.61. The minimum Gasteiger partial charge on any atom is -0.309 e. The van der Waals surface area contributed by atoms with Gasteiger partial charge in [-0.3, -0.25) is 0 Å². The van der Waals surface area contributed by atoms with Crippen LogP contribution in [0.2, 0.25) is 0 Å². The molecule has 2 unspecified atom stereocenters. The van der Waals surface area contributed by atoms with Crippen molar-refractivity contribution in [1.82, 2.24) is 5.32 Å². The summed E-state index contributed by atoms with van der Waals surface area (Å²) in [5, 5.41) is 3.76. The van der Waals surface area contributed by atoms with Crippen molar-refractivity contribution in [3.8, 4) is 0 Å². The summed E-state index contributed by atoms with van der Waals surface area (Å²) in [6.45, 7) is 10.7. The van der Waals surface area contributed by atoms with E-state index >= 15 is 0 Å². The molecule has 1 saturated heterocycles. The van der Waals surface area contributed by atoms with E-state index in [2.05, 4.69) is 44.4 Å². The van der Waals surface area contributed by atoms with Crippen LogP contribution in [-0.4, -0.2) is 22.6 Å². The SMILES string of the molecule is C=CCCC(CC)NC1CSC1(C)C. The van der Waals surface area contributed by atoms with Crippen molar-refractivity contribution in [1.29, 1.82) is 0 Å². The molecule has 1 nitrogen and oxygen atoms in total. The molecule has 1 heterocycles. The van der Waals surface area contributed by atoms with Crippen LogP contribution >= 0.6 is 11.8 Å². The van der Waals surface area contributed by atoms with Gasteiger partial charge in [0.2, 0.25) is 0 Å². The standard InChI is InChI=1S/C12H23NS/c1-5-7-8-10(6-2)13-11-9-14-12(11,3)4/h5,10-11,13H,1,6-9H2,2-4H3. The van der Waals surface area contributed by atoms with Crippen LogP contribution in [-0.2, 0) is 0 Å². The summed E-state index contributed by atoms with van der Waals surface area (Å²) in [6, 6.07) is 1.39. The molecule has 82 valence electrons. The predicted octanol–water partition coefficient (Wildman–Crippen LogP) is 3.21. The summed E-state index contributed by atoms with van der Waals surface area (Å²) >= 11 is 2.06. The Bertz CT molecular complexity index is 189. The Hall–Kier alpha value is 0.0500. The number of hydrogen-bond acceptors (Lipinski definition) is 2.